The minimum absolute atomic E-state index is 0.167. The van der Waals surface area contributed by atoms with Gasteiger partial charge in [0, 0.05) is 21.3 Å². The molecule has 0 radical (unpaired) electrons. The molecule has 1 atom stereocenters. The molecule has 1 unspecified atom stereocenters. The van der Waals surface area contributed by atoms with E-state index in [1.165, 1.54) is 0 Å². The van der Waals surface area contributed by atoms with Gasteiger partial charge in [-0.25, -0.2) is 0 Å². The van der Waals surface area contributed by atoms with Crippen molar-refractivity contribution in [2.75, 3.05) is 101 Å². The zero-order valence-electron chi connectivity index (χ0n) is 18.4. The second-order valence-electron chi connectivity index (χ2n) is 5.89. The van der Waals surface area contributed by atoms with Gasteiger partial charge in [0.1, 0.15) is 0 Å². The van der Waals surface area contributed by atoms with Crippen molar-refractivity contribution in [2.45, 2.75) is 18.2 Å². The monoisotopic (exact) mass is 460 g/mol. The molecule has 11 heteroatoms. The summed E-state index contributed by atoms with van der Waals surface area (Å²) >= 11 is 4.69. The fourth-order valence-corrected chi connectivity index (χ4v) is 5.23. The fraction of sp³-hybridized carbons (Fsp3) is 1.00. The van der Waals surface area contributed by atoms with Crippen LogP contribution in [0.4, 0.5) is 0 Å². The Balaban J connectivity index is 4.62. The van der Waals surface area contributed by atoms with Gasteiger partial charge in [-0.2, -0.15) is 12.6 Å². The standard InChI is InChI=1S/C18H40O9SSi/c1-5-18(28)29(25-15-12-22-9-6-19-2,26-16-13-23-10-7-20-3)27-17-14-24-11-8-21-4/h18,28H,5-17H2,1-4H3. The zero-order valence-corrected chi connectivity index (χ0v) is 20.3. The lowest BCUT2D eigenvalue weighted by Gasteiger charge is -2.33. The van der Waals surface area contributed by atoms with E-state index < -0.39 is 8.80 Å². The van der Waals surface area contributed by atoms with Crippen molar-refractivity contribution in [2.24, 2.45) is 0 Å². The van der Waals surface area contributed by atoms with Crippen molar-refractivity contribution >= 4 is 21.4 Å². The Morgan fingerprint density at radius 2 is 0.862 bits per heavy atom. The molecule has 29 heavy (non-hydrogen) atoms. The van der Waals surface area contributed by atoms with Gasteiger partial charge in [0.25, 0.3) is 0 Å². The molecule has 0 aliphatic rings. The number of rotatable bonds is 23. The quantitative estimate of drug-likeness (QED) is 0.137. The van der Waals surface area contributed by atoms with Crippen LogP contribution in [0.1, 0.15) is 13.3 Å². The van der Waals surface area contributed by atoms with Gasteiger partial charge >= 0.3 is 8.80 Å². The number of hydrogen-bond acceptors (Lipinski definition) is 10. The van der Waals surface area contributed by atoms with Crippen LogP contribution in [0.2, 0.25) is 0 Å². The summed E-state index contributed by atoms with van der Waals surface area (Å²) in [6, 6.07) is 0. The van der Waals surface area contributed by atoms with E-state index in [1.807, 2.05) is 6.92 Å². The van der Waals surface area contributed by atoms with Crippen LogP contribution in [0.5, 0.6) is 0 Å². The summed E-state index contributed by atoms with van der Waals surface area (Å²) in [5.41, 5.74) is 0. The van der Waals surface area contributed by atoms with Gasteiger partial charge in [-0.1, -0.05) is 6.92 Å². The van der Waals surface area contributed by atoms with Crippen molar-refractivity contribution < 1.29 is 41.7 Å². The molecular weight excluding hydrogens is 420 g/mol. The molecule has 0 rings (SSSR count). The summed E-state index contributed by atoms with van der Waals surface area (Å²) in [5.74, 6) is 0. The highest BCUT2D eigenvalue weighted by atomic mass is 32.1. The van der Waals surface area contributed by atoms with E-state index in [2.05, 4.69) is 0 Å². The predicted octanol–water partition coefficient (Wildman–Crippen LogP) is 1.21. The molecule has 0 saturated carbocycles. The number of ether oxygens (including phenoxy) is 6. The summed E-state index contributed by atoms with van der Waals surface area (Å²) in [7, 11) is 1.83. The van der Waals surface area contributed by atoms with E-state index in [0.717, 1.165) is 6.42 Å². The third kappa shape index (κ3) is 15.6. The van der Waals surface area contributed by atoms with E-state index >= 15 is 0 Å². The largest absolute Gasteiger partial charge is 0.514 e. The van der Waals surface area contributed by atoms with Gasteiger partial charge in [0.05, 0.1) is 84.2 Å². The van der Waals surface area contributed by atoms with Crippen molar-refractivity contribution in [1.82, 2.24) is 0 Å². The molecule has 0 amide bonds. The molecule has 0 aromatic rings. The van der Waals surface area contributed by atoms with Crippen molar-refractivity contribution in [3.63, 3.8) is 0 Å². The van der Waals surface area contributed by atoms with Crippen LogP contribution >= 0.6 is 12.6 Å². The van der Waals surface area contributed by atoms with Gasteiger partial charge in [-0.3, -0.25) is 0 Å². The second-order valence-corrected chi connectivity index (χ2v) is 9.77. The molecular formula is C18H40O9SSi. The van der Waals surface area contributed by atoms with Crippen molar-refractivity contribution in [3.05, 3.63) is 0 Å². The lowest BCUT2D eigenvalue weighted by molar-refractivity contribution is -0.0119. The van der Waals surface area contributed by atoms with Crippen molar-refractivity contribution in [1.29, 1.82) is 0 Å². The third-order valence-corrected chi connectivity index (χ3v) is 8.04. The molecule has 0 aromatic carbocycles. The third-order valence-electron chi connectivity index (χ3n) is 3.68. The van der Waals surface area contributed by atoms with Crippen LogP contribution < -0.4 is 0 Å². The second kappa shape index (κ2) is 21.4. The first-order valence-electron chi connectivity index (χ1n) is 9.96. The van der Waals surface area contributed by atoms with Gasteiger partial charge < -0.3 is 41.7 Å². The summed E-state index contributed by atoms with van der Waals surface area (Å²) in [6.45, 7) is 7.48. The smallest absolute Gasteiger partial charge is 0.382 e. The van der Waals surface area contributed by atoms with Crippen LogP contribution in [-0.4, -0.2) is 114 Å². The van der Waals surface area contributed by atoms with E-state index in [4.69, 9.17) is 54.3 Å². The summed E-state index contributed by atoms with van der Waals surface area (Å²) in [6.07, 6.45) is 0.745. The fourth-order valence-electron chi connectivity index (χ4n) is 2.13. The number of methoxy groups -OCH3 is 3. The highest BCUT2D eigenvalue weighted by molar-refractivity contribution is 7.83. The first-order chi connectivity index (χ1) is 14.2. The molecule has 0 aliphatic heterocycles. The topological polar surface area (TPSA) is 83.1 Å². The molecule has 0 saturated heterocycles. The highest BCUT2D eigenvalue weighted by Gasteiger charge is 2.47. The SMILES string of the molecule is CCC(S)[Si](OCCOCCOC)(OCCOCCOC)OCCOCCOC. The van der Waals surface area contributed by atoms with E-state index in [9.17, 15) is 0 Å². The molecule has 9 nitrogen and oxygen atoms in total. The minimum atomic E-state index is -3.07. The molecule has 0 aromatic heterocycles. The summed E-state index contributed by atoms with van der Waals surface area (Å²) in [5, 5.41) is 0. The van der Waals surface area contributed by atoms with Gasteiger partial charge in [-0.05, 0) is 6.42 Å². The Labute approximate surface area is 182 Å². The molecule has 0 fully saturated rings. The molecule has 0 N–H and O–H groups in total. The highest BCUT2D eigenvalue weighted by Crippen LogP contribution is 2.22. The first-order valence-corrected chi connectivity index (χ1v) is 12.3. The number of thiol groups is 1. The maximum Gasteiger partial charge on any atom is 0.514 e. The van der Waals surface area contributed by atoms with E-state index in [0.29, 0.717) is 79.3 Å². The predicted molar refractivity (Wildman–Crippen MR) is 115 cm³/mol. The Bertz CT molecular complexity index is 302. The van der Waals surface area contributed by atoms with E-state index in [-0.39, 0.29) is 4.87 Å². The molecule has 0 bridgehead atoms. The lowest BCUT2D eigenvalue weighted by atomic mass is 10.6. The average molecular weight is 461 g/mol. The maximum atomic E-state index is 6.11. The van der Waals surface area contributed by atoms with Crippen molar-refractivity contribution in [3.8, 4) is 0 Å². The lowest BCUT2D eigenvalue weighted by Crippen LogP contribution is -2.55. The van der Waals surface area contributed by atoms with Crippen LogP contribution in [0.25, 0.3) is 0 Å². The minimum Gasteiger partial charge on any atom is -0.382 e. The Morgan fingerprint density at radius 3 is 1.14 bits per heavy atom. The van der Waals surface area contributed by atoms with Gasteiger partial charge in [0.15, 0.2) is 0 Å². The maximum absolute atomic E-state index is 6.11. The van der Waals surface area contributed by atoms with Crippen LogP contribution in [-0.2, 0) is 41.7 Å². The normalized spacial score (nSPS) is 13.1. The van der Waals surface area contributed by atoms with E-state index in [1.54, 1.807) is 21.3 Å². The number of hydrogen-bond donors (Lipinski definition) is 1. The molecule has 176 valence electrons. The summed E-state index contributed by atoms with van der Waals surface area (Å²) < 4.78 is 49.7. The molecule has 0 heterocycles. The molecule has 0 spiro atoms. The van der Waals surface area contributed by atoms with Crippen LogP contribution in [0.15, 0.2) is 0 Å². The van der Waals surface area contributed by atoms with Gasteiger partial charge in [0.2, 0.25) is 0 Å². The molecule has 0 aliphatic carbocycles. The summed E-state index contributed by atoms with van der Waals surface area (Å²) in [4.78, 5) is -0.167. The van der Waals surface area contributed by atoms with Gasteiger partial charge in [-0.15, -0.1) is 0 Å². The van der Waals surface area contributed by atoms with Crippen LogP contribution in [0, 0.1) is 0 Å². The van der Waals surface area contributed by atoms with Crippen LogP contribution in [0.3, 0.4) is 0 Å². The zero-order chi connectivity index (χ0) is 21.6. The first kappa shape index (κ1) is 29.2. The Hall–Kier alpha value is 0.207. The Morgan fingerprint density at radius 1 is 0.552 bits per heavy atom. The Kier molecular flexibility index (Phi) is 21.6. The average Bonchev–Trinajstić information content (AvgIpc) is 2.74.